The number of nitrogens with zero attached hydrogens (tertiary/aromatic N) is 1. The van der Waals surface area contributed by atoms with E-state index < -0.39 is 6.10 Å². The van der Waals surface area contributed by atoms with Gasteiger partial charge in [0.2, 0.25) is 0 Å². The lowest BCUT2D eigenvalue weighted by Crippen LogP contribution is -2.32. The van der Waals surface area contributed by atoms with E-state index in [1.54, 1.807) is 13.1 Å². The molecule has 0 aliphatic carbocycles. The van der Waals surface area contributed by atoms with Crippen molar-refractivity contribution in [2.75, 3.05) is 18.5 Å². The minimum absolute atomic E-state index is 0.0982. The van der Waals surface area contributed by atoms with E-state index >= 15 is 0 Å². The van der Waals surface area contributed by atoms with E-state index in [4.69, 9.17) is 21.1 Å². The zero-order valence-electron chi connectivity index (χ0n) is 14.7. The fourth-order valence-corrected chi connectivity index (χ4v) is 3.79. The minimum Gasteiger partial charge on any atom is -0.376 e. The maximum atomic E-state index is 12.3. The number of rotatable bonds is 7. The number of thiazole rings is 1. The van der Waals surface area contributed by atoms with Crippen LogP contribution >= 0.6 is 22.9 Å². The largest absolute Gasteiger partial charge is 0.376 e. The predicted molar refractivity (Wildman–Crippen MR) is 104 cm³/mol. The van der Waals surface area contributed by atoms with Crippen molar-refractivity contribution in [3.8, 4) is 0 Å². The lowest BCUT2D eigenvalue weighted by molar-refractivity contribution is -0.130. The molecule has 1 fully saturated rings. The molecule has 140 valence electrons. The van der Waals surface area contributed by atoms with E-state index in [0.717, 1.165) is 41.3 Å². The van der Waals surface area contributed by atoms with Crippen LogP contribution < -0.4 is 5.32 Å². The van der Waals surface area contributed by atoms with E-state index in [0.29, 0.717) is 18.2 Å². The SMILES string of the molecule is C[C@@H](OC[C@H]1CCCCO1)C(=O)Nc1ncc(Cc2ccccc2Cl)s1. The number of benzene rings is 1. The molecule has 7 heteroatoms. The molecule has 0 unspecified atom stereocenters. The van der Waals surface area contributed by atoms with Crippen molar-refractivity contribution in [1.82, 2.24) is 4.98 Å². The van der Waals surface area contributed by atoms with E-state index in [2.05, 4.69) is 10.3 Å². The molecular weight excluding hydrogens is 372 g/mol. The molecule has 1 saturated heterocycles. The number of halogens is 1. The quantitative estimate of drug-likeness (QED) is 0.760. The Balaban J connectivity index is 1.48. The molecule has 1 amide bonds. The maximum absolute atomic E-state index is 12.3. The fraction of sp³-hybridized carbons (Fsp3) is 0.474. The predicted octanol–water partition coefficient (Wildman–Crippen LogP) is 4.30. The molecular formula is C19H23ClN2O3S. The normalized spacial score (nSPS) is 18.5. The van der Waals surface area contributed by atoms with Crippen molar-refractivity contribution >= 4 is 34.0 Å². The van der Waals surface area contributed by atoms with Crippen LogP contribution in [-0.2, 0) is 20.7 Å². The molecule has 0 saturated carbocycles. The Kier molecular flexibility index (Phi) is 7.02. The first kappa shape index (κ1) is 19.3. The van der Waals surface area contributed by atoms with Crippen molar-refractivity contribution in [1.29, 1.82) is 0 Å². The Bertz CT molecular complexity index is 731. The Morgan fingerprint density at radius 2 is 2.31 bits per heavy atom. The van der Waals surface area contributed by atoms with Crippen LogP contribution in [0.4, 0.5) is 5.13 Å². The zero-order chi connectivity index (χ0) is 18.4. The van der Waals surface area contributed by atoms with Gasteiger partial charge in [-0.2, -0.15) is 0 Å². The van der Waals surface area contributed by atoms with Crippen LogP contribution in [0.5, 0.6) is 0 Å². The molecule has 2 heterocycles. The third-order valence-corrected chi connectivity index (χ3v) is 5.56. The van der Waals surface area contributed by atoms with Gasteiger partial charge in [-0.05, 0) is 37.8 Å². The number of hydrogen-bond acceptors (Lipinski definition) is 5. The first-order valence-electron chi connectivity index (χ1n) is 8.84. The third kappa shape index (κ3) is 5.51. The lowest BCUT2D eigenvalue weighted by atomic mass is 10.1. The topological polar surface area (TPSA) is 60.5 Å². The monoisotopic (exact) mass is 394 g/mol. The second-order valence-corrected chi connectivity index (χ2v) is 7.88. The molecule has 0 bridgehead atoms. The van der Waals surface area contributed by atoms with Gasteiger partial charge in [0, 0.05) is 29.1 Å². The Labute approximate surface area is 162 Å². The van der Waals surface area contributed by atoms with Gasteiger partial charge in [0.25, 0.3) is 5.91 Å². The Hall–Kier alpha value is -1.47. The molecule has 1 aromatic heterocycles. The molecule has 1 N–H and O–H groups in total. The summed E-state index contributed by atoms with van der Waals surface area (Å²) in [5.41, 5.74) is 1.04. The molecule has 26 heavy (non-hydrogen) atoms. The summed E-state index contributed by atoms with van der Waals surface area (Å²) in [5.74, 6) is -0.195. The summed E-state index contributed by atoms with van der Waals surface area (Å²) in [5, 5.41) is 4.13. The molecule has 1 aliphatic heterocycles. The molecule has 2 atom stereocenters. The molecule has 0 radical (unpaired) electrons. The van der Waals surface area contributed by atoms with Gasteiger partial charge in [-0.3, -0.25) is 10.1 Å². The number of ether oxygens (including phenoxy) is 2. The summed E-state index contributed by atoms with van der Waals surface area (Å²) >= 11 is 7.64. The lowest BCUT2D eigenvalue weighted by Gasteiger charge is -2.23. The highest BCUT2D eigenvalue weighted by atomic mass is 35.5. The molecule has 1 aromatic carbocycles. The number of aromatic nitrogens is 1. The van der Waals surface area contributed by atoms with Crippen LogP contribution in [0.1, 0.15) is 36.6 Å². The molecule has 5 nitrogen and oxygen atoms in total. The van der Waals surface area contributed by atoms with Crippen LogP contribution in [0.2, 0.25) is 5.02 Å². The standard InChI is InChI=1S/C19H23ClN2O3S/c1-13(25-12-15-7-4-5-9-24-15)18(23)22-19-21-11-16(26-19)10-14-6-2-3-8-17(14)20/h2-3,6,8,11,13,15H,4-5,7,9-10,12H2,1H3,(H,21,22,23)/t13-,15-/m1/s1. The molecule has 3 rings (SSSR count). The number of carbonyl (C=O) groups is 1. The summed E-state index contributed by atoms with van der Waals surface area (Å²) in [4.78, 5) is 17.6. The molecule has 1 aliphatic rings. The highest BCUT2D eigenvalue weighted by Gasteiger charge is 2.19. The minimum atomic E-state index is -0.545. The summed E-state index contributed by atoms with van der Waals surface area (Å²) in [6.07, 6.45) is 5.27. The first-order valence-corrected chi connectivity index (χ1v) is 10.0. The summed E-state index contributed by atoms with van der Waals surface area (Å²) in [6.45, 7) is 2.97. The van der Waals surface area contributed by atoms with E-state index in [1.807, 2.05) is 24.3 Å². The van der Waals surface area contributed by atoms with Gasteiger partial charge in [-0.15, -0.1) is 11.3 Å². The smallest absolute Gasteiger partial charge is 0.254 e. The van der Waals surface area contributed by atoms with Crippen molar-refractivity contribution in [2.45, 2.75) is 44.8 Å². The van der Waals surface area contributed by atoms with Crippen molar-refractivity contribution in [3.63, 3.8) is 0 Å². The van der Waals surface area contributed by atoms with E-state index in [1.165, 1.54) is 11.3 Å². The first-order chi connectivity index (χ1) is 12.6. The van der Waals surface area contributed by atoms with Crippen LogP contribution in [0.25, 0.3) is 0 Å². The van der Waals surface area contributed by atoms with Gasteiger partial charge in [0.15, 0.2) is 5.13 Å². The Morgan fingerprint density at radius 3 is 3.08 bits per heavy atom. The summed E-state index contributed by atoms with van der Waals surface area (Å²) in [7, 11) is 0. The maximum Gasteiger partial charge on any atom is 0.254 e. The Morgan fingerprint density at radius 1 is 1.46 bits per heavy atom. The van der Waals surface area contributed by atoms with Gasteiger partial charge < -0.3 is 9.47 Å². The molecule has 0 spiro atoms. The van der Waals surface area contributed by atoms with Crippen LogP contribution in [0.15, 0.2) is 30.5 Å². The fourth-order valence-electron chi connectivity index (χ4n) is 2.75. The summed E-state index contributed by atoms with van der Waals surface area (Å²) < 4.78 is 11.3. The highest BCUT2D eigenvalue weighted by molar-refractivity contribution is 7.15. The van der Waals surface area contributed by atoms with E-state index in [-0.39, 0.29) is 12.0 Å². The number of amides is 1. The zero-order valence-corrected chi connectivity index (χ0v) is 16.3. The van der Waals surface area contributed by atoms with Crippen LogP contribution in [-0.4, -0.2) is 36.3 Å². The van der Waals surface area contributed by atoms with Crippen LogP contribution in [0, 0.1) is 0 Å². The van der Waals surface area contributed by atoms with Gasteiger partial charge >= 0.3 is 0 Å². The van der Waals surface area contributed by atoms with Crippen molar-refractivity contribution < 1.29 is 14.3 Å². The van der Waals surface area contributed by atoms with Gasteiger partial charge in [-0.1, -0.05) is 29.8 Å². The number of anilines is 1. The average Bonchev–Trinajstić information content (AvgIpc) is 3.09. The summed E-state index contributed by atoms with van der Waals surface area (Å²) in [6, 6.07) is 7.73. The van der Waals surface area contributed by atoms with Gasteiger partial charge in [0.05, 0.1) is 12.7 Å². The third-order valence-electron chi connectivity index (χ3n) is 4.28. The highest BCUT2D eigenvalue weighted by Crippen LogP contribution is 2.25. The molecule has 2 aromatic rings. The second-order valence-electron chi connectivity index (χ2n) is 6.35. The number of carbonyl (C=O) groups excluding carboxylic acids is 1. The van der Waals surface area contributed by atoms with E-state index in [9.17, 15) is 4.79 Å². The number of nitrogens with one attached hydrogen (secondary N) is 1. The van der Waals surface area contributed by atoms with Crippen LogP contribution in [0.3, 0.4) is 0 Å². The van der Waals surface area contributed by atoms with Gasteiger partial charge in [-0.25, -0.2) is 4.98 Å². The van der Waals surface area contributed by atoms with Crippen molar-refractivity contribution in [3.05, 3.63) is 45.9 Å². The second kappa shape index (κ2) is 9.46. The number of hydrogen-bond donors (Lipinski definition) is 1. The van der Waals surface area contributed by atoms with Gasteiger partial charge in [0.1, 0.15) is 6.10 Å². The van der Waals surface area contributed by atoms with Crippen molar-refractivity contribution in [2.24, 2.45) is 0 Å². The average molecular weight is 395 g/mol.